The van der Waals surface area contributed by atoms with Crippen LogP contribution in [0.4, 0.5) is 0 Å². The van der Waals surface area contributed by atoms with E-state index in [1.165, 1.54) is 5.56 Å². The molecule has 1 aliphatic heterocycles. The molecule has 1 fully saturated rings. The van der Waals surface area contributed by atoms with E-state index in [0.717, 1.165) is 11.3 Å². The fourth-order valence-corrected chi connectivity index (χ4v) is 3.05. The summed E-state index contributed by atoms with van der Waals surface area (Å²) >= 11 is 0. The van der Waals surface area contributed by atoms with Crippen LogP contribution in [0, 0.1) is 0 Å². The van der Waals surface area contributed by atoms with E-state index < -0.39 is 0 Å². The van der Waals surface area contributed by atoms with Crippen LogP contribution in [-0.4, -0.2) is 15.6 Å². The molecule has 0 radical (unpaired) electrons. The van der Waals surface area contributed by atoms with Gasteiger partial charge in [-0.15, -0.1) is 0 Å². The molecule has 4 heteroatoms. The van der Waals surface area contributed by atoms with Gasteiger partial charge in [-0.2, -0.15) is 0 Å². The lowest BCUT2D eigenvalue weighted by Gasteiger charge is -2.14. The van der Waals surface area contributed by atoms with Gasteiger partial charge in [0, 0.05) is 24.1 Å². The number of hydrogen-bond acceptors (Lipinski definition) is 3. The van der Waals surface area contributed by atoms with Crippen LogP contribution < -0.4 is 5.32 Å². The first-order valence-electron chi connectivity index (χ1n) is 7.86. The summed E-state index contributed by atoms with van der Waals surface area (Å²) < 4.78 is 8.23. The van der Waals surface area contributed by atoms with Gasteiger partial charge in [-0.3, -0.25) is 5.32 Å². The van der Waals surface area contributed by atoms with E-state index in [0.29, 0.717) is 0 Å². The predicted octanol–water partition coefficient (Wildman–Crippen LogP) is 3.62. The lowest BCUT2D eigenvalue weighted by molar-refractivity contribution is 0.0363. The zero-order valence-corrected chi connectivity index (χ0v) is 13.0. The summed E-state index contributed by atoms with van der Waals surface area (Å²) in [5.41, 5.74) is 3.45. The first-order valence-corrected chi connectivity index (χ1v) is 7.86. The number of aromatic nitrogens is 2. The summed E-state index contributed by atoms with van der Waals surface area (Å²) in [4.78, 5) is 4.08. The van der Waals surface area contributed by atoms with Crippen LogP contribution >= 0.6 is 0 Å². The summed E-state index contributed by atoms with van der Waals surface area (Å²) in [5, 5.41) is 3.53. The van der Waals surface area contributed by atoms with Gasteiger partial charge in [-0.05, 0) is 30.2 Å². The van der Waals surface area contributed by atoms with Crippen molar-refractivity contribution in [3.05, 3.63) is 84.4 Å². The lowest BCUT2D eigenvalue weighted by Crippen LogP contribution is -2.23. The van der Waals surface area contributed by atoms with E-state index in [4.69, 9.17) is 4.74 Å². The minimum Gasteiger partial charge on any atom is -0.350 e. The Morgan fingerprint density at radius 1 is 1.00 bits per heavy atom. The standard InChI is InChI=1S/C19H19N3O/c1-14-18(15-5-3-2-4-6-15)23-19(21-14)16-7-9-17(10-8-16)22-12-11-20-13-22/h2-14,18-19,21H,1H3/t14-,18+,19-/m1/s1. The van der Waals surface area contributed by atoms with Gasteiger partial charge in [0.1, 0.15) is 12.3 Å². The molecule has 0 aliphatic carbocycles. The molecule has 1 saturated heterocycles. The molecule has 116 valence electrons. The highest BCUT2D eigenvalue weighted by atomic mass is 16.5. The minimum atomic E-state index is -0.0768. The molecule has 0 unspecified atom stereocenters. The molecule has 4 rings (SSSR count). The van der Waals surface area contributed by atoms with Gasteiger partial charge in [0.25, 0.3) is 0 Å². The molecule has 2 aromatic carbocycles. The second-order valence-electron chi connectivity index (χ2n) is 5.86. The first kappa shape index (κ1) is 14.2. The Balaban J connectivity index is 1.53. The zero-order chi connectivity index (χ0) is 15.6. The number of ether oxygens (including phenoxy) is 1. The summed E-state index contributed by atoms with van der Waals surface area (Å²) in [6, 6.07) is 19.0. The molecule has 3 aromatic rings. The molecule has 0 amide bonds. The first-order chi connectivity index (χ1) is 11.3. The van der Waals surface area contributed by atoms with Crippen molar-refractivity contribution in [2.75, 3.05) is 0 Å². The summed E-state index contributed by atoms with van der Waals surface area (Å²) in [7, 11) is 0. The Morgan fingerprint density at radius 2 is 1.78 bits per heavy atom. The highest BCUT2D eigenvalue weighted by Crippen LogP contribution is 2.34. The SMILES string of the molecule is C[C@H]1N[C@@H](c2ccc(-n3ccnc3)cc2)O[C@@H]1c1ccccc1. The quantitative estimate of drug-likeness (QED) is 0.803. The molecule has 1 N–H and O–H groups in total. The van der Waals surface area contributed by atoms with E-state index in [1.54, 1.807) is 12.5 Å². The number of nitrogens with one attached hydrogen (secondary N) is 1. The van der Waals surface area contributed by atoms with Gasteiger partial charge < -0.3 is 9.30 Å². The molecule has 2 heterocycles. The van der Waals surface area contributed by atoms with Crippen LogP contribution in [0.2, 0.25) is 0 Å². The maximum atomic E-state index is 6.25. The Hall–Kier alpha value is -2.43. The number of rotatable bonds is 3. The van der Waals surface area contributed by atoms with Crippen LogP contribution in [-0.2, 0) is 4.74 Å². The van der Waals surface area contributed by atoms with E-state index in [1.807, 2.05) is 16.8 Å². The summed E-state index contributed by atoms with van der Waals surface area (Å²) in [6.45, 7) is 2.16. The third kappa shape index (κ3) is 2.79. The minimum absolute atomic E-state index is 0.0768. The van der Waals surface area contributed by atoms with Gasteiger partial charge in [-0.1, -0.05) is 42.5 Å². The van der Waals surface area contributed by atoms with Gasteiger partial charge >= 0.3 is 0 Å². The fourth-order valence-electron chi connectivity index (χ4n) is 3.05. The molecule has 23 heavy (non-hydrogen) atoms. The largest absolute Gasteiger partial charge is 0.350 e. The van der Waals surface area contributed by atoms with Crippen LogP contribution in [0.3, 0.4) is 0 Å². The molecular weight excluding hydrogens is 286 g/mol. The van der Waals surface area contributed by atoms with Crippen molar-refractivity contribution in [3.8, 4) is 5.69 Å². The highest BCUT2D eigenvalue weighted by molar-refractivity contribution is 5.35. The third-order valence-electron chi connectivity index (χ3n) is 4.28. The number of benzene rings is 2. The summed E-state index contributed by atoms with van der Waals surface area (Å²) in [5.74, 6) is 0. The molecule has 4 nitrogen and oxygen atoms in total. The third-order valence-corrected chi connectivity index (χ3v) is 4.28. The number of imidazole rings is 1. The average molecular weight is 305 g/mol. The van der Waals surface area contributed by atoms with Crippen molar-refractivity contribution in [1.82, 2.24) is 14.9 Å². The topological polar surface area (TPSA) is 39.1 Å². The van der Waals surface area contributed by atoms with Crippen LogP contribution in [0.15, 0.2) is 73.3 Å². The maximum Gasteiger partial charge on any atom is 0.135 e. The second kappa shape index (κ2) is 5.99. The summed E-state index contributed by atoms with van der Waals surface area (Å²) in [6.07, 6.45) is 5.52. The van der Waals surface area contributed by atoms with Crippen molar-refractivity contribution >= 4 is 0 Å². The predicted molar refractivity (Wildman–Crippen MR) is 89.2 cm³/mol. The lowest BCUT2D eigenvalue weighted by atomic mass is 10.0. The van der Waals surface area contributed by atoms with E-state index in [2.05, 4.69) is 65.8 Å². The molecule has 3 atom stereocenters. The molecule has 1 aliphatic rings. The van der Waals surface area contributed by atoms with Crippen molar-refractivity contribution < 1.29 is 4.74 Å². The average Bonchev–Trinajstić information content (AvgIpc) is 3.26. The number of nitrogens with zero attached hydrogens (tertiary/aromatic N) is 2. The van der Waals surface area contributed by atoms with Crippen LogP contribution in [0.1, 0.15) is 30.4 Å². The molecular formula is C19H19N3O. The normalized spacial score (nSPS) is 24.0. The van der Waals surface area contributed by atoms with Crippen LogP contribution in [0.5, 0.6) is 0 Å². The Kier molecular flexibility index (Phi) is 3.69. The van der Waals surface area contributed by atoms with Gasteiger partial charge in [0.2, 0.25) is 0 Å². The van der Waals surface area contributed by atoms with Crippen LogP contribution in [0.25, 0.3) is 5.69 Å². The van der Waals surface area contributed by atoms with Crippen molar-refractivity contribution in [1.29, 1.82) is 0 Å². The maximum absolute atomic E-state index is 6.25. The molecule has 0 saturated carbocycles. The van der Waals surface area contributed by atoms with E-state index >= 15 is 0 Å². The molecule has 1 aromatic heterocycles. The Morgan fingerprint density at radius 3 is 2.48 bits per heavy atom. The zero-order valence-electron chi connectivity index (χ0n) is 13.0. The van der Waals surface area contributed by atoms with E-state index in [-0.39, 0.29) is 18.4 Å². The van der Waals surface area contributed by atoms with Gasteiger partial charge in [0.15, 0.2) is 0 Å². The van der Waals surface area contributed by atoms with Gasteiger partial charge in [-0.25, -0.2) is 4.98 Å². The smallest absolute Gasteiger partial charge is 0.135 e. The Labute approximate surface area is 135 Å². The highest BCUT2D eigenvalue weighted by Gasteiger charge is 2.33. The van der Waals surface area contributed by atoms with E-state index in [9.17, 15) is 0 Å². The molecule has 0 spiro atoms. The second-order valence-corrected chi connectivity index (χ2v) is 5.86. The van der Waals surface area contributed by atoms with Crippen molar-refractivity contribution in [2.24, 2.45) is 0 Å². The number of hydrogen-bond donors (Lipinski definition) is 1. The van der Waals surface area contributed by atoms with Crippen molar-refractivity contribution in [2.45, 2.75) is 25.3 Å². The molecule has 0 bridgehead atoms. The fraction of sp³-hybridized carbons (Fsp3) is 0.211. The monoisotopic (exact) mass is 305 g/mol. The van der Waals surface area contributed by atoms with Gasteiger partial charge in [0.05, 0.1) is 6.33 Å². The van der Waals surface area contributed by atoms with Crippen molar-refractivity contribution in [3.63, 3.8) is 0 Å². The Bertz CT molecular complexity index is 753.